The Morgan fingerprint density at radius 2 is 1.84 bits per heavy atom. The first-order valence-electron chi connectivity index (χ1n) is 5.56. The predicted octanol–water partition coefficient (Wildman–Crippen LogP) is 5.25. The fourth-order valence-corrected chi connectivity index (χ4v) is 2.43. The summed E-state index contributed by atoms with van der Waals surface area (Å²) in [6, 6.07) is 7.67. The van der Waals surface area contributed by atoms with Gasteiger partial charge in [0.25, 0.3) is 0 Å². The highest BCUT2D eigenvalue weighted by atomic mass is 79.9. The quantitative estimate of drug-likeness (QED) is 0.725. The van der Waals surface area contributed by atoms with Crippen LogP contribution in [0.4, 0.5) is 4.39 Å². The van der Waals surface area contributed by atoms with Crippen molar-refractivity contribution in [1.29, 1.82) is 0 Å². The van der Waals surface area contributed by atoms with Gasteiger partial charge in [-0.15, -0.1) is 0 Å². The van der Waals surface area contributed by atoms with Crippen molar-refractivity contribution in [3.8, 4) is 0 Å². The number of rotatable bonds is 2. The van der Waals surface area contributed by atoms with E-state index in [4.69, 9.17) is 28.9 Å². The van der Waals surface area contributed by atoms with Gasteiger partial charge in [-0.2, -0.15) is 0 Å². The molecular formula is C14H11BrCl2FN. The predicted molar refractivity (Wildman–Crippen MR) is 81.3 cm³/mol. The number of aryl methyl sites for hydroxylation is 1. The molecule has 0 aliphatic carbocycles. The summed E-state index contributed by atoms with van der Waals surface area (Å²) < 4.78 is 14.4. The smallest absolute Gasteiger partial charge is 0.129 e. The van der Waals surface area contributed by atoms with Gasteiger partial charge < -0.3 is 5.73 Å². The number of benzene rings is 2. The highest BCUT2D eigenvalue weighted by molar-refractivity contribution is 9.10. The van der Waals surface area contributed by atoms with E-state index < -0.39 is 11.9 Å². The molecule has 0 heterocycles. The van der Waals surface area contributed by atoms with Gasteiger partial charge in [-0.3, -0.25) is 0 Å². The van der Waals surface area contributed by atoms with Crippen LogP contribution in [-0.2, 0) is 0 Å². The van der Waals surface area contributed by atoms with Crippen LogP contribution in [0.1, 0.15) is 22.7 Å². The molecule has 1 unspecified atom stereocenters. The first-order valence-corrected chi connectivity index (χ1v) is 7.11. The SMILES string of the molecule is Cc1ccc(C(N)c2cc(Cl)c(Br)cc2F)cc1Cl. The van der Waals surface area contributed by atoms with Crippen LogP contribution in [0.25, 0.3) is 0 Å². The third-order valence-electron chi connectivity index (χ3n) is 2.93. The Morgan fingerprint density at radius 1 is 1.16 bits per heavy atom. The summed E-state index contributed by atoms with van der Waals surface area (Å²) >= 11 is 15.2. The second-order valence-corrected chi connectivity index (χ2v) is 5.94. The van der Waals surface area contributed by atoms with Crippen LogP contribution in [0.15, 0.2) is 34.8 Å². The Balaban J connectivity index is 2.46. The molecular weight excluding hydrogens is 352 g/mol. The second-order valence-electron chi connectivity index (χ2n) is 4.27. The molecule has 0 radical (unpaired) electrons. The largest absolute Gasteiger partial charge is 0.320 e. The third kappa shape index (κ3) is 3.11. The summed E-state index contributed by atoms with van der Waals surface area (Å²) in [4.78, 5) is 0. The van der Waals surface area contributed by atoms with Crippen molar-refractivity contribution in [2.24, 2.45) is 5.73 Å². The van der Waals surface area contributed by atoms with E-state index in [1.54, 1.807) is 6.07 Å². The molecule has 2 aromatic rings. The van der Waals surface area contributed by atoms with Gasteiger partial charge in [0.15, 0.2) is 0 Å². The van der Waals surface area contributed by atoms with E-state index in [2.05, 4.69) is 15.9 Å². The Morgan fingerprint density at radius 3 is 2.47 bits per heavy atom. The van der Waals surface area contributed by atoms with E-state index in [9.17, 15) is 4.39 Å². The maximum absolute atomic E-state index is 13.9. The van der Waals surface area contributed by atoms with Crippen molar-refractivity contribution in [2.45, 2.75) is 13.0 Å². The summed E-state index contributed by atoms with van der Waals surface area (Å²) in [5.74, 6) is -0.402. The Kier molecular flexibility index (Phi) is 4.51. The molecule has 0 bridgehead atoms. The summed E-state index contributed by atoms with van der Waals surface area (Å²) in [6.45, 7) is 1.90. The van der Waals surface area contributed by atoms with Gasteiger partial charge in [0, 0.05) is 15.1 Å². The second kappa shape index (κ2) is 5.80. The van der Waals surface area contributed by atoms with Crippen molar-refractivity contribution in [2.75, 3.05) is 0 Å². The molecule has 0 aliphatic rings. The van der Waals surface area contributed by atoms with Crippen LogP contribution >= 0.6 is 39.1 Å². The fourth-order valence-electron chi connectivity index (χ4n) is 1.76. The number of nitrogens with two attached hydrogens (primary N) is 1. The van der Waals surface area contributed by atoms with E-state index in [0.29, 0.717) is 20.1 Å². The van der Waals surface area contributed by atoms with Gasteiger partial charge in [-0.1, -0.05) is 35.3 Å². The lowest BCUT2D eigenvalue weighted by atomic mass is 9.98. The van der Waals surface area contributed by atoms with Crippen LogP contribution in [0.2, 0.25) is 10.0 Å². The highest BCUT2D eigenvalue weighted by Crippen LogP contribution is 2.31. The molecule has 100 valence electrons. The topological polar surface area (TPSA) is 26.0 Å². The first-order chi connectivity index (χ1) is 8.90. The van der Waals surface area contributed by atoms with Crippen LogP contribution in [0, 0.1) is 12.7 Å². The van der Waals surface area contributed by atoms with Crippen molar-refractivity contribution >= 4 is 39.1 Å². The maximum atomic E-state index is 13.9. The van der Waals surface area contributed by atoms with Crippen molar-refractivity contribution in [3.63, 3.8) is 0 Å². The number of halogens is 4. The molecule has 0 saturated carbocycles. The standard InChI is InChI=1S/C14H11BrCl2FN/c1-7-2-3-8(4-11(7)16)14(19)9-5-12(17)10(15)6-13(9)18/h2-6,14H,19H2,1H3. The summed E-state index contributed by atoms with van der Waals surface area (Å²) in [6.07, 6.45) is 0. The first kappa shape index (κ1) is 14.8. The normalized spacial score (nSPS) is 12.5. The molecule has 0 aliphatic heterocycles. The van der Waals surface area contributed by atoms with E-state index in [0.717, 1.165) is 11.1 Å². The van der Waals surface area contributed by atoms with Crippen molar-refractivity contribution < 1.29 is 4.39 Å². The summed E-state index contributed by atoms with van der Waals surface area (Å²) in [5, 5.41) is 1.03. The monoisotopic (exact) mass is 361 g/mol. The zero-order chi connectivity index (χ0) is 14.2. The summed E-state index contributed by atoms with van der Waals surface area (Å²) in [5.41, 5.74) is 8.12. The van der Waals surface area contributed by atoms with Crippen LogP contribution in [-0.4, -0.2) is 0 Å². The molecule has 2 N–H and O–H groups in total. The average Bonchev–Trinajstić information content (AvgIpc) is 2.36. The molecule has 5 heteroatoms. The number of hydrogen-bond acceptors (Lipinski definition) is 1. The van der Waals surface area contributed by atoms with E-state index in [-0.39, 0.29) is 0 Å². The average molecular weight is 363 g/mol. The minimum Gasteiger partial charge on any atom is -0.320 e. The molecule has 0 fully saturated rings. The van der Waals surface area contributed by atoms with Crippen molar-refractivity contribution in [1.82, 2.24) is 0 Å². The zero-order valence-corrected chi connectivity index (χ0v) is 13.2. The maximum Gasteiger partial charge on any atom is 0.129 e. The molecule has 1 nitrogen and oxygen atoms in total. The lowest BCUT2D eigenvalue weighted by Gasteiger charge is -2.15. The number of hydrogen-bond donors (Lipinski definition) is 1. The Labute approximate surface area is 129 Å². The summed E-state index contributed by atoms with van der Waals surface area (Å²) in [7, 11) is 0. The van der Waals surface area contributed by atoms with Crippen LogP contribution in [0.3, 0.4) is 0 Å². The molecule has 2 aromatic carbocycles. The molecule has 0 amide bonds. The molecule has 1 atom stereocenters. The molecule has 0 saturated heterocycles. The Hall–Kier alpha value is -0.610. The molecule has 19 heavy (non-hydrogen) atoms. The zero-order valence-electron chi connectivity index (χ0n) is 10.1. The Bertz CT molecular complexity index is 631. The fraction of sp³-hybridized carbons (Fsp3) is 0.143. The highest BCUT2D eigenvalue weighted by Gasteiger charge is 2.16. The molecule has 2 rings (SSSR count). The minimum absolute atomic E-state index is 0.341. The molecule has 0 spiro atoms. The van der Waals surface area contributed by atoms with Gasteiger partial charge >= 0.3 is 0 Å². The van der Waals surface area contributed by atoms with E-state index in [1.165, 1.54) is 12.1 Å². The van der Waals surface area contributed by atoms with E-state index in [1.807, 2.05) is 19.1 Å². The lowest BCUT2D eigenvalue weighted by molar-refractivity contribution is 0.599. The van der Waals surface area contributed by atoms with Gasteiger partial charge in [-0.25, -0.2) is 4.39 Å². The van der Waals surface area contributed by atoms with Gasteiger partial charge in [0.1, 0.15) is 5.82 Å². The van der Waals surface area contributed by atoms with Crippen molar-refractivity contribution in [3.05, 3.63) is 67.4 Å². The minimum atomic E-state index is -0.608. The van der Waals surface area contributed by atoms with Gasteiger partial charge in [-0.05, 0) is 52.2 Å². The lowest BCUT2D eigenvalue weighted by Crippen LogP contribution is -2.14. The third-order valence-corrected chi connectivity index (χ3v) is 4.53. The van der Waals surface area contributed by atoms with Gasteiger partial charge in [0.05, 0.1) is 11.1 Å². The van der Waals surface area contributed by atoms with Crippen LogP contribution < -0.4 is 5.73 Å². The van der Waals surface area contributed by atoms with Crippen LogP contribution in [0.5, 0.6) is 0 Å². The molecule has 0 aromatic heterocycles. The van der Waals surface area contributed by atoms with Gasteiger partial charge in [0.2, 0.25) is 0 Å². The van der Waals surface area contributed by atoms with E-state index >= 15 is 0 Å².